The van der Waals surface area contributed by atoms with Gasteiger partial charge in [-0.05, 0) is 60.6 Å². The highest BCUT2D eigenvalue weighted by Gasteiger charge is 2.16. The number of carbonyl (C=O) groups excluding carboxylic acids is 2. The smallest absolute Gasteiger partial charge is 0.261 e. The normalized spacial score (nSPS) is 10.4. The highest BCUT2D eigenvalue weighted by atomic mass is 79.9. The first-order valence-corrected chi connectivity index (χ1v) is 12.5. The Balaban J connectivity index is 1.64. The molecule has 0 aliphatic rings. The maximum Gasteiger partial charge on any atom is 0.261 e. The highest BCUT2D eigenvalue weighted by molar-refractivity contribution is 9.10. The molecule has 0 fully saturated rings. The molecule has 3 rings (SSSR count). The van der Waals surface area contributed by atoms with Gasteiger partial charge in [-0.15, -0.1) is 0 Å². The van der Waals surface area contributed by atoms with Gasteiger partial charge in [0.15, 0.2) is 5.11 Å². The number of nitrogens with zero attached hydrogens (tertiary/aromatic N) is 1. The van der Waals surface area contributed by atoms with Crippen molar-refractivity contribution < 1.29 is 14.3 Å². The zero-order chi connectivity index (χ0) is 25.2. The van der Waals surface area contributed by atoms with Crippen molar-refractivity contribution in [3.8, 4) is 5.75 Å². The number of halogens is 1. The summed E-state index contributed by atoms with van der Waals surface area (Å²) in [6, 6.07) is 22.1. The predicted molar refractivity (Wildman–Crippen MR) is 147 cm³/mol. The lowest BCUT2D eigenvalue weighted by atomic mass is 10.1. The Hall–Kier alpha value is -3.23. The molecule has 0 spiro atoms. The Morgan fingerprint density at radius 2 is 1.80 bits per heavy atom. The summed E-state index contributed by atoms with van der Waals surface area (Å²) in [4.78, 5) is 27.4. The quantitative estimate of drug-likeness (QED) is 0.250. The summed E-state index contributed by atoms with van der Waals surface area (Å²) in [5, 5.41) is 5.80. The van der Waals surface area contributed by atoms with E-state index in [2.05, 4.69) is 33.5 Å². The van der Waals surface area contributed by atoms with Crippen LogP contribution in [-0.2, 0) is 6.54 Å². The molecular weight excluding hydrogens is 526 g/mol. The largest absolute Gasteiger partial charge is 0.493 e. The number of amides is 2. The SMILES string of the molecule is CCCCOc1ccc(Br)cc1C(=O)NC(=S)Nc1cccc(C(=O)N(C)Cc2ccccc2)c1. The lowest BCUT2D eigenvalue weighted by molar-refractivity contribution is 0.0785. The zero-order valence-corrected chi connectivity index (χ0v) is 22.1. The summed E-state index contributed by atoms with van der Waals surface area (Å²) in [5.74, 6) is -0.00316. The number of carbonyl (C=O) groups is 2. The van der Waals surface area contributed by atoms with Gasteiger partial charge in [0.1, 0.15) is 5.75 Å². The van der Waals surface area contributed by atoms with E-state index in [4.69, 9.17) is 17.0 Å². The van der Waals surface area contributed by atoms with Crippen LogP contribution < -0.4 is 15.4 Å². The second-order valence-corrected chi connectivity index (χ2v) is 9.30. The number of ether oxygens (including phenoxy) is 1. The molecule has 0 saturated heterocycles. The topological polar surface area (TPSA) is 70.7 Å². The number of rotatable bonds is 9. The van der Waals surface area contributed by atoms with Crippen molar-refractivity contribution >= 4 is 50.8 Å². The summed E-state index contributed by atoms with van der Waals surface area (Å²) in [5.41, 5.74) is 2.54. The van der Waals surface area contributed by atoms with E-state index in [1.54, 1.807) is 48.3 Å². The van der Waals surface area contributed by atoms with Gasteiger partial charge >= 0.3 is 0 Å². The molecule has 0 unspecified atom stereocenters. The standard InChI is InChI=1S/C27H28BrN3O3S/c1-3-4-15-34-24-14-13-21(28)17-23(24)25(32)30-27(35)29-22-12-8-11-20(16-22)26(33)31(2)18-19-9-6-5-7-10-19/h5-14,16-17H,3-4,15,18H2,1-2H3,(H2,29,30,32,35). The molecule has 0 saturated carbocycles. The van der Waals surface area contributed by atoms with Gasteiger partial charge in [-0.2, -0.15) is 0 Å². The van der Waals surface area contributed by atoms with Crippen LogP contribution in [0.1, 0.15) is 46.0 Å². The van der Waals surface area contributed by atoms with Crippen LogP contribution in [0.25, 0.3) is 0 Å². The summed E-state index contributed by atoms with van der Waals surface area (Å²) < 4.78 is 6.53. The van der Waals surface area contributed by atoms with Crippen molar-refractivity contribution in [2.75, 3.05) is 19.0 Å². The van der Waals surface area contributed by atoms with Crippen molar-refractivity contribution in [1.82, 2.24) is 10.2 Å². The van der Waals surface area contributed by atoms with Crippen molar-refractivity contribution in [1.29, 1.82) is 0 Å². The third kappa shape index (κ3) is 7.90. The third-order valence-corrected chi connectivity index (χ3v) is 5.84. The fourth-order valence-corrected chi connectivity index (χ4v) is 3.92. The van der Waals surface area contributed by atoms with Crippen LogP contribution in [0.3, 0.4) is 0 Å². The molecule has 0 heterocycles. The molecule has 182 valence electrons. The number of anilines is 1. The minimum atomic E-state index is -0.384. The third-order valence-electron chi connectivity index (χ3n) is 5.15. The van der Waals surface area contributed by atoms with Gasteiger partial charge in [0.05, 0.1) is 12.2 Å². The van der Waals surface area contributed by atoms with E-state index in [1.807, 2.05) is 36.4 Å². The molecule has 2 amide bonds. The zero-order valence-electron chi connectivity index (χ0n) is 19.7. The van der Waals surface area contributed by atoms with Crippen LogP contribution in [0.5, 0.6) is 5.75 Å². The Labute approximate surface area is 219 Å². The Bertz CT molecular complexity index is 1190. The van der Waals surface area contributed by atoms with E-state index in [1.165, 1.54) is 0 Å². The van der Waals surface area contributed by atoms with Gasteiger partial charge in [0, 0.05) is 29.3 Å². The van der Waals surface area contributed by atoms with Gasteiger partial charge in [-0.3, -0.25) is 14.9 Å². The lowest BCUT2D eigenvalue weighted by Gasteiger charge is -2.18. The van der Waals surface area contributed by atoms with Gasteiger partial charge in [0.25, 0.3) is 11.8 Å². The molecule has 3 aromatic carbocycles. The number of nitrogens with one attached hydrogen (secondary N) is 2. The summed E-state index contributed by atoms with van der Waals surface area (Å²) in [6.45, 7) is 3.11. The number of hydrogen-bond donors (Lipinski definition) is 2. The summed E-state index contributed by atoms with van der Waals surface area (Å²) in [6.07, 6.45) is 1.89. The van der Waals surface area contributed by atoms with Gasteiger partial charge < -0.3 is 15.0 Å². The molecule has 35 heavy (non-hydrogen) atoms. The lowest BCUT2D eigenvalue weighted by Crippen LogP contribution is -2.34. The van der Waals surface area contributed by atoms with Gasteiger partial charge in [-0.1, -0.05) is 65.7 Å². The van der Waals surface area contributed by atoms with E-state index >= 15 is 0 Å². The van der Waals surface area contributed by atoms with Gasteiger partial charge in [-0.25, -0.2) is 0 Å². The Kier molecular flexibility index (Phi) is 9.81. The van der Waals surface area contributed by atoms with Crippen molar-refractivity contribution in [2.24, 2.45) is 0 Å². The average Bonchev–Trinajstić information content (AvgIpc) is 2.85. The summed E-state index contributed by atoms with van der Waals surface area (Å²) in [7, 11) is 1.76. The number of hydrogen-bond acceptors (Lipinski definition) is 4. The maximum absolute atomic E-state index is 12.9. The fourth-order valence-electron chi connectivity index (χ4n) is 3.34. The van der Waals surface area contributed by atoms with Crippen LogP contribution in [0.4, 0.5) is 5.69 Å². The van der Waals surface area contributed by atoms with E-state index < -0.39 is 0 Å². The van der Waals surface area contributed by atoms with E-state index in [-0.39, 0.29) is 16.9 Å². The number of benzene rings is 3. The fraction of sp³-hybridized carbons (Fsp3) is 0.222. The van der Waals surface area contributed by atoms with Crippen LogP contribution in [0.15, 0.2) is 77.3 Å². The number of thiocarbonyl (C=S) groups is 1. The van der Waals surface area contributed by atoms with E-state index in [9.17, 15) is 9.59 Å². The molecule has 0 aromatic heterocycles. The van der Waals surface area contributed by atoms with Crippen LogP contribution in [0, 0.1) is 0 Å². The predicted octanol–water partition coefficient (Wildman–Crippen LogP) is 6.03. The molecular formula is C27H28BrN3O3S. The highest BCUT2D eigenvalue weighted by Crippen LogP contribution is 2.24. The Morgan fingerprint density at radius 3 is 2.54 bits per heavy atom. The molecule has 0 aliphatic heterocycles. The Morgan fingerprint density at radius 1 is 1.03 bits per heavy atom. The van der Waals surface area contributed by atoms with Crippen molar-refractivity contribution in [3.63, 3.8) is 0 Å². The molecule has 0 aliphatic carbocycles. The summed E-state index contributed by atoms with van der Waals surface area (Å²) >= 11 is 8.75. The minimum Gasteiger partial charge on any atom is -0.493 e. The van der Waals surface area contributed by atoms with Crippen LogP contribution in [0.2, 0.25) is 0 Å². The first-order chi connectivity index (χ1) is 16.9. The van der Waals surface area contributed by atoms with E-state index in [0.29, 0.717) is 35.7 Å². The minimum absolute atomic E-state index is 0.115. The first-order valence-electron chi connectivity index (χ1n) is 11.3. The molecule has 0 atom stereocenters. The van der Waals surface area contributed by atoms with Crippen molar-refractivity contribution in [3.05, 3.63) is 94.0 Å². The van der Waals surface area contributed by atoms with Gasteiger partial charge in [0.2, 0.25) is 0 Å². The van der Waals surface area contributed by atoms with Crippen LogP contribution in [-0.4, -0.2) is 35.5 Å². The molecule has 8 heteroatoms. The molecule has 3 aromatic rings. The van der Waals surface area contributed by atoms with Crippen molar-refractivity contribution in [2.45, 2.75) is 26.3 Å². The molecule has 0 bridgehead atoms. The second kappa shape index (κ2) is 13.0. The van der Waals surface area contributed by atoms with E-state index in [0.717, 1.165) is 22.9 Å². The molecule has 2 N–H and O–H groups in total. The molecule has 0 radical (unpaired) electrons. The first kappa shape index (κ1) is 26.4. The average molecular weight is 555 g/mol. The maximum atomic E-state index is 12.9. The monoisotopic (exact) mass is 553 g/mol. The van der Waals surface area contributed by atoms with Crippen LogP contribution >= 0.6 is 28.1 Å². The second-order valence-electron chi connectivity index (χ2n) is 7.98. The molecule has 6 nitrogen and oxygen atoms in total. The number of unbranched alkanes of at least 4 members (excludes halogenated alkanes) is 1.